The fraction of sp³-hybridized carbons (Fsp3) is 0.0714. The zero-order chi connectivity index (χ0) is 15.7. The lowest BCUT2D eigenvalue weighted by Gasteiger charge is -2.12. The standard InChI is InChI=1S/C14H11NO6/c1-7-2-11(16)6-12(17)15(7)10-4-8(13(18)19)3-9(5-10)14(20)21/h2-6,16H,1H3,(H,18,19)(H,20,21). The van der Waals surface area contributed by atoms with Gasteiger partial charge in [-0.15, -0.1) is 0 Å². The van der Waals surface area contributed by atoms with Crippen molar-refractivity contribution < 1.29 is 24.9 Å². The number of aryl methyl sites for hydroxylation is 1. The van der Waals surface area contributed by atoms with Crippen LogP contribution < -0.4 is 5.56 Å². The van der Waals surface area contributed by atoms with E-state index in [2.05, 4.69) is 0 Å². The van der Waals surface area contributed by atoms with Gasteiger partial charge >= 0.3 is 11.9 Å². The molecule has 1 aromatic carbocycles. The number of rotatable bonds is 3. The third-order valence-corrected chi connectivity index (χ3v) is 2.87. The van der Waals surface area contributed by atoms with Gasteiger partial charge in [-0.05, 0) is 31.2 Å². The Kier molecular flexibility index (Phi) is 3.49. The molecule has 0 aliphatic rings. The van der Waals surface area contributed by atoms with E-state index < -0.39 is 17.5 Å². The maximum absolute atomic E-state index is 11.9. The molecule has 0 aliphatic heterocycles. The highest BCUT2D eigenvalue weighted by molar-refractivity contribution is 5.94. The minimum Gasteiger partial charge on any atom is -0.508 e. The number of aromatic hydroxyl groups is 1. The first kappa shape index (κ1) is 14.3. The lowest BCUT2D eigenvalue weighted by atomic mass is 10.1. The molecule has 0 bridgehead atoms. The molecule has 0 saturated carbocycles. The predicted molar refractivity (Wildman–Crippen MR) is 72.4 cm³/mol. The molecule has 108 valence electrons. The average Bonchev–Trinajstić information content (AvgIpc) is 2.36. The molecule has 2 aromatic rings. The molecule has 1 heterocycles. The lowest BCUT2D eigenvalue weighted by Crippen LogP contribution is -2.20. The van der Waals surface area contributed by atoms with Crippen LogP contribution in [0.15, 0.2) is 35.1 Å². The van der Waals surface area contributed by atoms with Gasteiger partial charge in [-0.1, -0.05) is 0 Å². The summed E-state index contributed by atoms with van der Waals surface area (Å²) in [5.41, 5.74) is -0.631. The van der Waals surface area contributed by atoms with Crippen molar-refractivity contribution in [1.29, 1.82) is 0 Å². The zero-order valence-electron chi connectivity index (χ0n) is 10.9. The first-order valence-corrected chi connectivity index (χ1v) is 5.84. The second-order valence-corrected chi connectivity index (χ2v) is 4.41. The van der Waals surface area contributed by atoms with Crippen LogP contribution in [0.5, 0.6) is 5.75 Å². The third kappa shape index (κ3) is 2.76. The van der Waals surface area contributed by atoms with Crippen molar-refractivity contribution in [2.45, 2.75) is 6.92 Å². The van der Waals surface area contributed by atoms with Gasteiger partial charge in [0, 0.05) is 11.8 Å². The van der Waals surface area contributed by atoms with Crippen LogP contribution in [-0.4, -0.2) is 31.8 Å². The molecule has 3 N–H and O–H groups in total. The summed E-state index contributed by atoms with van der Waals surface area (Å²) < 4.78 is 1.12. The summed E-state index contributed by atoms with van der Waals surface area (Å²) in [4.78, 5) is 34.1. The van der Waals surface area contributed by atoms with Crippen LogP contribution in [0.25, 0.3) is 5.69 Å². The van der Waals surface area contributed by atoms with E-state index in [0.717, 1.165) is 16.7 Å². The second-order valence-electron chi connectivity index (χ2n) is 4.41. The van der Waals surface area contributed by atoms with Crippen LogP contribution in [0.3, 0.4) is 0 Å². The molecule has 0 fully saturated rings. The van der Waals surface area contributed by atoms with Crippen LogP contribution in [0.2, 0.25) is 0 Å². The van der Waals surface area contributed by atoms with Gasteiger partial charge < -0.3 is 15.3 Å². The second kappa shape index (κ2) is 5.12. The Bertz CT molecular complexity index is 773. The lowest BCUT2D eigenvalue weighted by molar-refractivity contribution is 0.0696. The van der Waals surface area contributed by atoms with E-state index in [9.17, 15) is 19.5 Å². The van der Waals surface area contributed by atoms with E-state index in [0.29, 0.717) is 5.69 Å². The Hall–Kier alpha value is -3.09. The topological polar surface area (TPSA) is 117 Å². The van der Waals surface area contributed by atoms with E-state index in [4.69, 9.17) is 10.2 Å². The SMILES string of the molecule is Cc1cc(O)cc(=O)n1-c1cc(C(=O)O)cc(C(=O)O)c1. The van der Waals surface area contributed by atoms with Crippen molar-refractivity contribution >= 4 is 11.9 Å². The number of carboxylic acids is 2. The van der Waals surface area contributed by atoms with Gasteiger partial charge in [-0.3, -0.25) is 9.36 Å². The molecule has 2 rings (SSSR count). The largest absolute Gasteiger partial charge is 0.508 e. The Labute approximate surface area is 118 Å². The van der Waals surface area contributed by atoms with Crippen molar-refractivity contribution in [2.75, 3.05) is 0 Å². The van der Waals surface area contributed by atoms with Gasteiger partial charge in [0.25, 0.3) is 5.56 Å². The molecule has 1 aromatic heterocycles. The van der Waals surface area contributed by atoms with Crippen LogP contribution in [0.1, 0.15) is 26.4 Å². The number of pyridine rings is 1. The Morgan fingerprint density at radius 2 is 1.48 bits per heavy atom. The maximum Gasteiger partial charge on any atom is 0.335 e. The number of benzene rings is 1. The van der Waals surface area contributed by atoms with Crippen molar-refractivity contribution in [3.63, 3.8) is 0 Å². The van der Waals surface area contributed by atoms with Gasteiger partial charge in [0.2, 0.25) is 0 Å². The Balaban J connectivity index is 2.78. The highest BCUT2D eigenvalue weighted by Crippen LogP contribution is 2.17. The monoisotopic (exact) mass is 289 g/mol. The quantitative estimate of drug-likeness (QED) is 0.782. The molecular formula is C14H11NO6. The summed E-state index contributed by atoms with van der Waals surface area (Å²) in [5, 5.41) is 27.4. The van der Waals surface area contributed by atoms with E-state index >= 15 is 0 Å². The summed E-state index contributed by atoms with van der Waals surface area (Å²) >= 11 is 0. The van der Waals surface area contributed by atoms with Gasteiger partial charge in [-0.2, -0.15) is 0 Å². The zero-order valence-corrected chi connectivity index (χ0v) is 10.9. The summed E-state index contributed by atoms with van der Waals surface area (Å²) in [6, 6.07) is 5.67. The van der Waals surface area contributed by atoms with Gasteiger partial charge in [-0.25, -0.2) is 9.59 Å². The van der Waals surface area contributed by atoms with E-state index in [-0.39, 0.29) is 22.6 Å². The Morgan fingerprint density at radius 1 is 0.952 bits per heavy atom. The number of hydrogen-bond donors (Lipinski definition) is 3. The molecule has 0 radical (unpaired) electrons. The van der Waals surface area contributed by atoms with Crippen molar-refractivity contribution in [2.24, 2.45) is 0 Å². The van der Waals surface area contributed by atoms with Crippen molar-refractivity contribution in [1.82, 2.24) is 4.57 Å². The van der Waals surface area contributed by atoms with Crippen molar-refractivity contribution in [3.05, 3.63) is 57.5 Å². The normalized spacial score (nSPS) is 10.3. The van der Waals surface area contributed by atoms with Crippen LogP contribution >= 0.6 is 0 Å². The first-order valence-electron chi connectivity index (χ1n) is 5.84. The minimum absolute atomic E-state index is 0.106. The number of aromatic nitrogens is 1. The highest BCUT2D eigenvalue weighted by atomic mass is 16.4. The minimum atomic E-state index is -1.30. The Morgan fingerprint density at radius 3 is 1.90 bits per heavy atom. The molecule has 0 atom stereocenters. The molecule has 0 aliphatic carbocycles. The van der Waals surface area contributed by atoms with Crippen LogP contribution in [0, 0.1) is 6.92 Å². The van der Waals surface area contributed by atoms with Crippen LogP contribution in [-0.2, 0) is 0 Å². The number of nitrogens with zero attached hydrogens (tertiary/aromatic N) is 1. The predicted octanol–water partition coefficient (Wildman–Crippen LogP) is 1.25. The number of carbonyl (C=O) groups is 2. The molecular weight excluding hydrogens is 278 g/mol. The highest BCUT2D eigenvalue weighted by Gasteiger charge is 2.14. The summed E-state index contributed by atoms with van der Waals surface area (Å²) in [7, 11) is 0. The summed E-state index contributed by atoms with van der Waals surface area (Å²) in [6.07, 6.45) is 0. The summed E-state index contributed by atoms with van der Waals surface area (Å²) in [5.74, 6) is -2.82. The van der Waals surface area contributed by atoms with E-state index in [1.54, 1.807) is 0 Å². The number of hydrogen-bond acceptors (Lipinski definition) is 4. The molecule has 0 saturated heterocycles. The van der Waals surface area contributed by atoms with Crippen LogP contribution in [0.4, 0.5) is 0 Å². The van der Waals surface area contributed by atoms with Gasteiger partial charge in [0.1, 0.15) is 5.75 Å². The molecule has 21 heavy (non-hydrogen) atoms. The van der Waals surface area contributed by atoms with Gasteiger partial charge in [0.15, 0.2) is 0 Å². The summed E-state index contributed by atoms with van der Waals surface area (Å²) in [6.45, 7) is 1.54. The molecule has 0 unspecified atom stereocenters. The van der Waals surface area contributed by atoms with E-state index in [1.165, 1.54) is 25.1 Å². The van der Waals surface area contributed by atoms with E-state index in [1.807, 2.05) is 0 Å². The van der Waals surface area contributed by atoms with Gasteiger partial charge in [0.05, 0.1) is 16.8 Å². The molecule has 7 nitrogen and oxygen atoms in total. The average molecular weight is 289 g/mol. The molecule has 0 spiro atoms. The fourth-order valence-electron chi connectivity index (χ4n) is 2.00. The van der Waals surface area contributed by atoms with Crippen molar-refractivity contribution in [3.8, 4) is 11.4 Å². The fourth-order valence-corrected chi connectivity index (χ4v) is 2.00. The smallest absolute Gasteiger partial charge is 0.335 e. The third-order valence-electron chi connectivity index (χ3n) is 2.87. The molecule has 7 heteroatoms. The number of aromatic carboxylic acids is 2. The molecule has 0 amide bonds. The number of carboxylic acid groups (broad SMARTS) is 2. The maximum atomic E-state index is 11.9. The first-order chi connectivity index (χ1) is 9.79.